The molecule has 0 fully saturated rings. The van der Waals surface area contributed by atoms with Gasteiger partial charge >= 0.3 is 0 Å². The lowest BCUT2D eigenvalue weighted by Crippen LogP contribution is -2.21. The third-order valence-corrected chi connectivity index (χ3v) is 4.75. The Morgan fingerprint density at radius 1 is 0.679 bits per heavy atom. The average molecular weight is 383 g/mol. The Kier molecular flexibility index (Phi) is 7.87. The molecule has 0 bridgehead atoms. The summed E-state index contributed by atoms with van der Waals surface area (Å²) >= 11 is 0. The van der Waals surface area contributed by atoms with Crippen molar-refractivity contribution in [2.75, 3.05) is 36.0 Å². The van der Waals surface area contributed by atoms with Gasteiger partial charge in [-0.25, -0.2) is 0 Å². The molecule has 28 heavy (non-hydrogen) atoms. The van der Waals surface area contributed by atoms with Crippen molar-refractivity contribution < 1.29 is 10.2 Å². The van der Waals surface area contributed by atoms with Gasteiger partial charge in [-0.15, -0.1) is 0 Å². The van der Waals surface area contributed by atoms with Crippen LogP contribution in [-0.2, 0) is 0 Å². The maximum atomic E-state index is 10.2. The van der Waals surface area contributed by atoms with Gasteiger partial charge in [-0.3, -0.25) is 0 Å². The number of phenols is 2. The van der Waals surface area contributed by atoms with E-state index in [0.29, 0.717) is 11.1 Å². The zero-order valence-electron chi connectivity index (χ0n) is 17.1. The maximum Gasteiger partial charge on any atom is 0.126 e. The second-order valence-electron chi connectivity index (χ2n) is 6.32. The zero-order valence-corrected chi connectivity index (χ0v) is 17.1. The predicted octanol–water partition coefficient (Wildman–Crippen LogP) is 4.24. The van der Waals surface area contributed by atoms with Gasteiger partial charge in [0, 0.05) is 60.8 Å². The smallest absolute Gasteiger partial charge is 0.126 e. The molecule has 150 valence electrons. The van der Waals surface area contributed by atoms with Crippen LogP contribution in [-0.4, -0.2) is 48.8 Å². The summed E-state index contributed by atoms with van der Waals surface area (Å²) in [6.45, 7) is 11.8. The number of hydrogen-bond acceptors (Lipinski definition) is 6. The van der Waals surface area contributed by atoms with Gasteiger partial charge in [0.25, 0.3) is 0 Å². The molecule has 0 saturated heterocycles. The fraction of sp³-hybridized carbons (Fsp3) is 0.364. The van der Waals surface area contributed by atoms with Crippen molar-refractivity contribution in [1.29, 1.82) is 0 Å². The second-order valence-corrected chi connectivity index (χ2v) is 6.32. The van der Waals surface area contributed by atoms with Gasteiger partial charge in [0.05, 0.1) is 12.4 Å². The molecule has 0 aliphatic carbocycles. The number of nitrogens with zero attached hydrogens (tertiary/aromatic N) is 4. The first-order valence-corrected chi connectivity index (χ1v) is 9.76. The number of phenolic OH excluding ortho intramolecular Hbond substituents is 2. The highest BCUT2D eigenvalue weighted by atomic mass is 16.3. The second kappa shape index (κ2) is 10.3. The Morgan fingerprint density at radius 3 is 1.32 bits per heavy atom. The first-order valence-electron chi connectivity index (χ1n) is 9.76. The summed E-state index contributed by atoms with van der Waals surface area (Å²) in [4.78, 5) is 4.31. The molecule has 0 heterocycles. The molecule has 0 radical (unpaired) electrons. The topological polar surface area (TPSA) is 71.7 Å². The third-order valence-electron chi connectivity index (χ3n) is 4.75. The van der Waals surface area contributed by atoms with Crippen molar-refractivity contribution >= 4 is 23.8 Å². The first kappa shape index (κ1) is 21.3. The molecule has 0 aromatic heterocycles. The van der Waals surface area contributed by atoms with E-state index >= 15 is 0 Å². The van der Waals surface area contributed by atoms with E-state index in [1.54, 1.807) is 12.1 Å². The monoisotopic (exact) mass is 382 g/mol. The third kappa shape index (κ3) is 5.25. The number of anilines is 2. The standard InChI is InChI=1S/C22H30N4O2/c1-5-25(6-2)19-11-9-17(21(27)13-19)15-23-24-16-18-10-12-20(14-22(18)28)26(7-3)8-4/h9-16,27-28H,5-8H2,1-4H3/b23-15+,24-16+. The van der Waals surface area contributed by atoms with E-state index in [-0.39, 0.29) is 11.5 Å². The van der Waals surface area contributed by atoms with Gasteiger partial charge in [0.15, 0.2) is 0 Å². The summed E-state index contributed by atoms with van der Waals surface area (Å²) in [7, 11) is 0. The summed E-state index contributed by atoms with van der Waals surface area (Å²) in [5.41, 5.74) is 3.13. The Bertz CT molecular complexity index is 756. The molecule has 6 heteroatoms. The molecule has 0 amide bonds. The van der Waals surface area contributed by atoms with Gasteiger partial charge in [-0.2, -0.15) is 10.2 Å². The average Bonchev–Trinajstić information content (AvgIpc) is 2.69. The van der Waals surface area contributed by atoms with Crippen LogP contribution in [0.3, 0.4) is 0 Å². The first-order chi connectivity index (χ1) is 13.5. The zero-order chi connectivity index (χ0) is 20.5. The largest absolute Gasteiger partial charge is 0.507 e. The van der Waals surface area contributed by atoms with E-state index < -0.39 is 0 Å². The summed E-state index contributed by atoms with van der Waals surface area (Å²) in [5.74, 6) is 0.324. The lowest BCUT2D eigenvalue weighted by Gasteiger charge is -2.21. The lowest BCUT2D eigenvalue weighted by atomic mass is 10.2. The van der Waals surface area contributed by atoms with Gasteiger partial charge in [0.1, 0.15) is 11.5 Å². The molecule has 2 aromatic rings. The molecule has 2 N–H and O–H groups in total. The van der Waals surface area contributed by atoms with E-state index in [4.69, 9.17) is 0 Å². The van der Waals surface area contributed by atoms with E-state index in [9.17, 15) is 10.2 Å². The highest BCUT2D eigenvalue weighted by molar-refractivity contribution is 5.87. The molecule has 0 aliphatic rings. The number of aromatic hydroxyl groups is 2. The van der Waals surface area contributed by atoms with Gasteiger partial charge in [0.2, 0.25) is 0 Å². The maximum absolute atomic E-state index is 10.2. The van der Waals surface area contributed by atoms with Crippen LogP contribution in [0.1, 0.15) is 38.8 Å². The van der Waals surface area contributed by atoms with Gasteiger partial charge in [-0.05, 0) is 52.0 Å². The fourth-order valence-electron chi connectivity index (χ4n) is 3.04. The normalized spacial score (nSPS) is 11.4. The molecule has 0 saturated carbocycles. The summed E-state index contributed by atoms with van der Waals surface area (Å²) in [6, 6.07) is 11.0. The Labute approximate surface area is 167 Å². The molecule has 0 aliphatic heterocycles. The Hall–Kier alpha value is -3.02. The van der Waals surface area contributed by atoms with Crippen LogP contribution in [0, 0.1) is 0 Å². The molecular formula is C22H30N4O2. The van der Waals surface area contributed by atoms with E-state index in [1.807, 2.05) is 24.3 Å². The van der Waals surface area contributed by atoms with Crippen molar-refractivity contribution in [2.24, 2.45) is 10.2 Å². The molecular weight excluding hydrogens is 352 g/mol. The molecule has 0 unspecified atom stereocenters. The number of benzene rings is 2. The SMILES string of the molecule is CCN(CC)c1ccc(/C=N/N=C/c2ccc(N(CC)CC)cc2O)c(O)c1. The van der Waals surface area contributed by atoms with Crippen LogP contribution < -0.4 is 9.80 Å². The van der Waals surface area contributed by atoms with Crippen molar-refractivity contribution in [3.8, 4) is 11.5 Å². The Morgan fingerprint density at radius 2 is 1.04 bits per heavy atom. The lowest BCUT2D eigenvalue weighted by molar-refractivity contribution is 0.473. The fourth-order valence-corrected chi connectivity index (χ4v) is 3.04. The molecule has 0 atom stereocenters. The molecule has 2 aromatic carbocycles. The highest BCUT2D eigenvalue weighted by Crippen LogP contribution is 2.24. The summed E-state index contributed by atoms with van der Waals surface area (Å²) in [6.07, 6.45) is 3.00. The van der Waals surface area contributed by atoms with Gasteiger partial charge < -0.3 is 20.0 Å². The minimum atomic E-state index is 0.162. The van der Waals surface area contributed by atoms with Crippen molar-refractivity contribution in [1.82, 2.24) is 0 Å². The van der Waals surface area contributed by atoms with E-state index in [1.165, 1.54) is 12.4 Å². The molecule has 2 rings (SSSR count). The van der Waals surface area contributed by atoms with Crippen molar-refractivity contribution in [3.05, 3.63) is 47.5 Å². The van der Waals surface area contributed by atoms with Crippen LogP contribution in [0.2, 0.25) is 0 Å². The van der Waals surface area contributed by atoms with Crippen LogP contribution >= 0.6 is 0 Å². The summed E-state index contributed by atoms with van der Waals surface area (Å²) < 4.78 is 0. The predicted molar refractivity (Wildman–Crippen MR) is 119 cm³/mol. The summed E-state index contributed by atoms with van der Waals surface area (Å²) in [5, 5.41) is 28.4. The van der Waals surface area contributed by atoms with Gasteiger partial charge in [-0.1, -0.05) is 0 Å². The van der Waals surface area contributed by atoms with Crippen LogP contribution in [0.4, 0.5) is 11.4 Å². The van der Waals surface area contributed by atoms with Crippen LogP contribution in [0.25, 0.3) is 0 Å². The minimum absolute atomic E-state index is 0.162. The van der Waals surface area contributed by atoms with Crippen molar-refractivity contribution in [3.63, 3.8) is 0 Å². The molecule has 6 nitrogen and oxygen atoms in total. The highest BCUT2D eigenvalue weighted by Gasteiger charge is 2.06. The van der Waals surface area contributed by atoms with E-state index in [0.717, 1.165) is 37.6 Å². The van der Waals surface area contributed by atoms with Crippen LogP contribution in [0.5, 0.6) is 11.5 Å². The number of rotatable bonds is 9. The van der Waals surface area contributed by atoms with Crippen LogP contribution in [0.15, 0.2) is 46.6 Å². The minimum Gasteiger partial charge on any atom is -0.507 e. The number of hydrogen-bond donors (Lipinski definition) is 2. The Balaban J connectivity index is 2.09. The van der Waals surface area contributed by atoms with E-state index in [2.05, 4.69) is 47.7 Å². The quantitative estimate of drug-likeness (QED) is 0.502. The molecule has 0 spiro atoms. The van der Waals surface area contributed by atoms with Crippen molar-refractivity contribution in [2.45, 2.75) is 27.7 Å².